The molecule has 18 heavy (non-hydrogen) atoms. The van der Waals surface area contributed by atoms with Gasteiger partial charge in [0.05, 0.1) is 13.7 Å². The number of aryl methyl sites for hydroxylation is 1. The number of carbonyl (C=O) groups is 1. The molecule has 0 aromatic heterocycles. The van der Waals surface area contributed by atoms with E-state index in [1.165, 1.54) is 0 Å². The van der Waals surface area contributed by atoms with Crippen molar-refractivity contribution in [2.24, 2.45) is 0 Å². The SMILES string of the molecule is CNCC(=O)NCCc1cc(Cl)cc(C)c1OC. The van der Waals surface area contributed by atoms with Gasteiger partial charge in [0.1, 0.15) is 5.75 Å². The molecule has 0 bridgehead atoms. The number of ether oxygens (including phenoxy) is 1. The minimum absolute atomic E-state index is 0.0183. The van der Waals surface area contributed by atoms with Gasteiger partial charge < -0.3 is 15.4 Å². The average molecular weight is 271 g/mol. The molecule has 0 saturated carbocycles. The van der Waals surface area contributed by atoms with Crippen molar-refractivity contribution >= 4 is 17.5 Å². The van der Waals surface area contributed by atoms with Crippen molar-refractivity contribution < 1.29 is 9.53 Å². The molecule has 1 aromatic rings. The zero-order valence-corrected chi connectivity index (χ0v) is 11.7. The second-order valence-corrected chi connectivity index (χ2v) is 4.48. The third kappa shape index (κ3) is 4.20. The van der Waals surface area contributed by atoms with E-state index in [1.54, 1.807) is 14.2 Å². The van der Waals surface area contributed by atoms with Gasteiger partial charge in [0.2, 0.25) is 5.91 Å². The van der Waals surface area contributed by atoms with E-state index in [-0.39, 0.29) is 5.91 Å². The third-order valence-corrected chi connectivity index (χ3v) is 2.79. The zero-order valence-electron chi connectivity index (χ0n) is 11.0. The second kappa shape index (κ2) is 7.24. The molecule has 0 fully saturated rings. The molecular formula is C13H19ClN2O2. The van der Waals surface area contributed by atoms with Crippen molar-refractivity contribution in [2.75, 3.05) is 27.2 Å². The Morgan fingerprint density at radius 2 is 2.17 bits per heavy atom. The summed E-state index contributed by atoms with van der Waals surface area (Å²) in [6.45, 7) is 2.84. The minimum atomic E-state index is -0.0183. The minimum Gasteiger partial charge on any atom is -0.496 e. The molecule has 2 N–H and O–H groups in total. The first-order valence-electron chi connectivity index (χ1n) is 5.82. The van der Waals surface area contributed by atoms with E-state index in [4.69, 9.17) is 16.3 Å². The van der Waals surface area contributed by atoms with Crippen LogP contribution in [0.15, 0.2) is 12.1 Å². The molecule has 0 unspecified atom stereocenters. The van der Waals surface area contributed by atoms with Gasteiger partial charge in [-0.15, -0.1) is 0 Å². The molecule has 0 spiro atoms. The Bertz CT molecular complexity index is 422. The molecule has 0 aliphatic heterocycles. The third-order valence-electron chi connectivity index (χ3n) is 2.57. The van der Waals surface area contributed by atoms with Crippen LogP contribution >= 0.6 is 11.6 Å². The van der Waals surface area contributed by atoms with Crippen molar-refractivity contribution in [1.82, 2.24) is 10.6 Å². The van der Waals surface area contributed by atoms with Gasteiger partial charge in [-0.05, 0) is 43.7 Å². The molecule has 0 aliphatic rings. The Balaban J connectivity index is 2.64. The highest BCUT2D eigenvalue weighted by molar-refractivity contribution is 6.30. The topological polar surface area (TPSA) is 50.4 Å². The Morgan fingerprint density at radius 1 is 1.44 bits per heavy atom. The van der Waals surface area contributed by atoms with E-state index < -0.39 is 0 Å². The molecule has 5 heteroatoms. The van der Waals surface area contributed by atoms with Crippen molar-refractivity contribution in [3.8, 4) is 5.75 Å². The normalized spacial score (nSPS) is 10.2. The Kier molecular flexibility index (Phi) is 5.95. The summed E-state index contributed by atoms with van der Waals surface area (Å²) in [4.78, 5) is 11.3. The van der Waals surface area contributed by atoms with E-state index in [0.717, 1.165) is 16.9 Å². The smallest absolute Gasteiger partial charge is 0.233 e. The van der Waals surface area contributed by atoms with Gasteiger partial charge in [-0.1, -0.05) is 11.6 Å². The van der Waals surface area contributed by atoms with Gasteiger partial charge in [0, 0.05) is 11.6 Å². The molecule has 0 radical (unpaired) electrons. The number of methoxy groups -OCH3 is 1. The maximum atomic E-state index is 11.3. The highest BCUT2D eigenvalue weighted by Crippen LogP contribution is 2.27. The van der Waals surface area contributed by atoms with Gasteiger partial charge in [-0.3, -0.25) is 4.79 Å². The summed E-state index contributed by atoms with van der Waals surface area (Å²) in [6.07, 6.45) is 0.694. The van der Waals surface area contributed by atoms with Gasteiger partial charge in [0.15, 0.2) is 0 Å². The van der Waals surface area contributed by atoms with E-state index in [0.29, 0.717) is 24.5 Å². The monoisotopic (exact) mass is 270 g/mol. The number of halogens is 1. The van der Waals surface area contributed by atoms with E-state index in [9.17, 15) is 4.79 Å². The number of likely N-dealkylation sites (N-methyl/N-ethyl adjacent to an activating group) is 1. The van der Waals surface area contributed by atoms with Gasteiger partial charge >= 0.3 is 0 Å². The van der Waals surface area contributed by atoms with Gasteiger partial charge in [-0.2, -0.15) is 0 Å². The van der Waals surface area contributed by atoms with Crippen LogP contribution in [0.3, 0.4) is 0 Å². The lowest BCUT2D eigenvalue weighted by Gasteiger charge is -2.12. The predicted octanol–water partition coefficient (Wildman–Crippen LogP) is 1.54. The number of rotatable bonds is 6. The molecule has 1 amide bonds. The first kappa shape index (κ1) is 14.8. The fourth-order valence-electron chi connectivity index (χ4n) is 1.84. The van der Waals surface area contributed by atoms with Crippen molar-refractivity contribution in [3.63, 3.8) is 0 Å². The summed E-state index contributed by atoms with van der Waals surface area (Å²) < 4.78 is 5.35. The zero-order chi connectivity index (χ0) is 13.5. The largest absolute Gasteiger partial charge is 0.496 e. The van der Waals surface area contributed by atoms with Crippen LogP contribution in [0.25, 0.3) is 0 Å². The summed E-state index contributed by atoms with van der Waals surface area (Å²) in [5.74, 6) is 0.817. The summed E-state index contributed by atoms with van der Waals surface area (Å²) in [5, 5.41) is 6.31. The number of hydrogen-bond acceptors (Lipinski definition) is 3. The molecule has 1 rings (SSSR count). The van der Waals surface area contributed by atoms with Crippen LogP contribution in [0.1, 0.15) is 11.1 Å². The fraction of sp³-hybridized carbons (Fsp3) is 0.462. The van der Waals surface area contributed by atoms with E-state index >= 15 is 0 Å². The molecule has 0 saturated heterocycles. The number of hydrogen-bond donors (Lipinski definition) is 2. The quantitative estimate of drug-likeness (QED) is 0.824. The number of carbonyl (C=O) groups excluding carboxylic acids is 1. The Morgan fingerprint density at radius 3 is 2.78 bits per heavy atom. The molecule has 0 heterocycles. The molecule has 1 aromatic carbocycles. The summed E-state index contributed by atoms with van der Waals surface area (Å²) in [7, 11) is 3.38. The first-order valence-corrected chi connectivity index (χ1v) is 6.20. The first-order chi connectivity index (χ1) is 8.58. The highest BCUT2D eigenvalue weighted by Gasteiger charge is 2.08. The fourth-order valence-corrected chi connectivity index (χ4v) is 2.13. The van der Waals surface area contributed by atoms with Crippen LogP contribution in [0.2, 0.25) is 5.02 Å². The van der Waals surface area contributed by atoms with Crippen molar-refractivity contribution in [3.05, 3.63) is 28.3 Å². The highest BCUT2D eigenvalue weighted by atomic mass is 35.5. The van der Waals surface area contributed by atoms with Gasteiger partial charge in [0.25, 0.3) is 0 Å². The summed E-state index contributed by atoms with van der Waals surface area (Å²) >= 11 is 6.02. The molecule has 0 aliphatic carbocycles. The molecular weight excluding hydrogens is 252 g/mol. The van der Waals surface area contributed by atoms with Crippen LogP contribution in [-0.4, -0.2) is 33.2 Å². The predicted molar refractivity (Wildman–Crippen MR) is 73.4 cm³/mol. The molecule has 0 atom stereocenters. The molecule has 100 valence electrons. The van der Waals surface area contributed by atoms with Crippen LogP contribution in [-0.2, 0) is 11.2 Å². The lowest BCUT2D eigenvalue weighted by atomic mass is 10.1. The maximum Gasteiger partial charge on any atom is 0.233 e. The van der Waals surface area contributed by atoms with E-state index in [2.05, 4.69) is 10.6 Å². The van der Waals surface area contributed by atoms with Gasteiger partial charge in [-0.25, -0.2) is 0 Å². The van der Waals surface area contributed by atoms with Crippen LogP contribution in [0.5, 0.6) is 5.75 Å². The Labute approximate surface area is 113 Å². The summed E-state index contributed by atoms with van der Waals surface area (Å²) in [6, 6.07) is 3.74. The average Bonchev–Trinajstić information content (AvgIpc) is 2.28. The van der Waals surface area contributed by atoms with Crippen molar-refractivity contribution in [2.45, 2.75) is 13.3 Å². The Hall–Kier alpha value is -1.26. The maximum absolute atomic E-state index is 11.3. The standard InChI is InChI=1S/C13H19ClN2O2/c1-9-6-11(14)7-10(13(9)18-3)4-5-16-12(17)8-15-2/h6-7,15H,4-5,8H2,1-3H3,(H,16,17). The van der Waals surface area contributed by atoms with E-state index in [1.807, 2.05) is 19.1 Å². The lowest BCUT2D eigenvalue weighted by molar-refractivity contribution is -0.120. The summed E-state index contributed by atoms with van der Waals surface area (Å²) in [5.41, 5.74) is 2.01. The van der Waals surface area contributed by atoms with Crippen LogP contribution in [0.4, 0.5) is 0 Å². The molecule has 4 nitrogen and oxygen atoms in total. The lowest BCUT2D eigenvalue weighted by Crippen LogP contribution is -2.33. The number of nitrogens with one attached hydrogen (secondary N) is 2. The number of benzene rings is 1. The van der Waals surface area contributed by atoms with Crippen molar-refractivity contribution in [1.29, 1.82) is 0 Å². The number of amides is 1. The van der Waals surface area contributed by atoms with Crippen LogP contribution in [0, 0.1) is 6.92 Å². The second-order valence-electron chi connectivity index (χ2n) is 4.05. The van der Waals surface area contributed by atoms with Crippen LogP contribution < -0.4 is 15.4 Å².